The summed E-state index contributed by atoms with van der Waals surface area (Å²) in [7, 11) is 0. The molecule has 2 bridgehead atoms. The minimum absolute atomic E-state index is 0.144. The van der Waals surface area contributed by atoms with Crippen LogP contribution in [-0.2, 0) is 27.2 Å². The zero-order valence-electron chi connectivity index (χ0n) is 16.4. The van der Waals surface area contributed by atoms with Gasteiger partial charge < -0.3 is 5.32 Å². The molecule has 2 saturated carbocycles. The van der Waals surface area contributed by atoms with E-state index in [1.54, 1.807) is 0 Å². The summed E-state index contributed by atoms with van der Waals surface area (Å²) in [6.07, 6.45) is 7.07. The molecule has 1 saturated heterocycles. The lowest BCUT2D eigenvalue weighted by atomic mass is 9.63. The average molecular weight is 378 g/mol. The van der Waals surface area contributed by atoms with E-state index >= 15 is 0 Å². The molecule has 1 aromatic rings. The Morgan fingerprint density at radius 1 is 1.00 bits per heavy atom. The first-order chi connectivity index (χ1) is 13.5. The summed E-state index contributed by atoms with van der Waals surface area (Å²) in [6, 6.07) is 6.01. The third-order valence-electron chi connectivity index (χ3n) is 7.32. The van der Waals surface area contributed by atoms with Gasteiger partial charge in [0.25, 0.3) is 0 Å². The number of carbonyl (C=O) groups is 3. The molecule has 0 spiro atoms. The van der Waals surface area contributed by atoms with Crippen LogP contribution in [0.15, 0.2) is 30.4 Å². The highest BCUT2D eigenvalue weighted by Crippen LogP contribution is 2.65. The summed E-state index contributed by atoms with van der Waals surface area (Å²) in [5, 5.41) is 2.99. The molecule has 0 aromatic heterocycles. The van der Waals surface area contributed by atoms with E-state index < -0.39 is 0 Å². The number of hydrogen-bond donors (Lipinski definition) is 1. The summed E-state index contributed by atoms with van der Waals surface area (Å²) in [5.74, 6) is 0.469. The lowest BCUT2D eigenvalue weighted by Crippen LogP contribution is -2.40. The van der Waals surface area contributed by atoms with E-state index in [0.29, 0.717) is 11.8 Å². The Kier molecular flexibility index (Phi) is 3.97. The Labute approximate surface area is 165 Å². The number of allylic oxidation sites excluding steroid dienone is 2. The predicted molar refractivity (Wildman–Crippen MR) is 105 cm³/mol. The van der Waals surface area contributed by atoms with Crippen molar-refractivity contribution in [2.75, 3.05) is 11.9 Å². The van der Waals surface area contributed by atoms with E-state index in [2.05, 4.69) is 31.3 Å². The summed E-state index contributed by atoms with van der Waals surface area (Å²) in [4.78, 5) is 40.1. The zero-order chi connectivity index (χ0) is 19.6. The minimum atomic E-state index is -0.290. The first-order valence-electron chi connectivity index (χ1n) is 10.5. The second kappa shape index (κ2) is 6.29. The first-order valence-corrected chi connectivity index (χ1v) is 10.5. The van der Waals surface area contributed by atoms with E-state index in [9.17, 15) is 14.4 Å². The highest BCUT2D eigenvalue weighted by molar-refractivity contribution is 6.09. The van der Waals surface area contributed by atoms with Crippen molar-refractivity contribution in [3.05, 3.63) is 41.5 Å². The second-order valence-corrected chi connectivity index (χ2v) is 8.62. The Morgan fingerprint density at radius 2 is 1.54 bits per heavy atom. The van der Waals surface area contributed by atoms with Gasteiger partial charge in [0, 0.05) is 5.69 Å². The number of benzene rings is 1. The van der Waals surface area contributed by atoms with Gasteiger partial charge in [0.2, 0.25) is 17.7 Å². The van der Waals surface area contributed by atoms with Gasteiger partial charge in [-0.2, -0.15) is 0 Å². The van der Waals surface area contributed by atoms with Gasteiger partial charge in [-0.25, -0.2) is 0 Å². The summed E-state index contributed by atoms with van der Waals surface area (Å²) >= 11 is 0. The molecular formula is C23H26N2O3. The molecule has 5 nitrogen and oxygen atoms in total. The maximum atomic E-state index is 13.0. The van der Waals surface area contributed by atoms with Crippen LogP contribution >= 0.6 is 0 Å². The monoisotopic (exact) mass is 378 g/mol. The largest absolute Gasteiger partial charge is 0.324 e. The van der Waals surface area contributed by atoms with Gasteiger partial charge in [-0.3, -0.25) is 19.3 Å². The molecule has 0 radical (unpaired) electrons. The van der Waals surface area contributed by atoms with Gasteiger partial charge in [-0.05, 0) is 54.1 Å². The van der Waals surface area contributed by atoms with Crippen molar-refractivity contribution in [1.82, 2.24) is 4.90 Å². The fraction of sp³-hybridized carbons (Fsp3) is 0.522. The minimum Gasteiger partial charge on any atom is -0.324 e. The number of nitrogens with zero attached hydrogens (tertiary/aromatic N) is 1. The van der Waals surface area contributed by atoms with Gasteiger partial charge in [0.05, 0.1) is 11.8 Å². The molecule has 0 unspecified atom stereocenters. The van der Waals surface area contributed by atoms with Gasteiger partial charge >= 0.3 is 0 Å². The van der Waals surface area contributed by atoms with Crippen LogP contribution in [0.5, 0.6) is 0 Å². The number of anilines is 1. The third kappa shape index (κ3) is 2.41. The molecule has 28 heavy (non-hydrogen) atoms. The van der Waals surface area contributed by atoms with Crippen molar-refractivity contribution in [3.8, 4) is 0 Å². The normalized spacial score (nSPS) is 34.4. The number of nitrogens with one attached hydrogen (secondary N) is 1. The van der Waals surface area contributed by atoms with Crippen molar-refractivity contribution in [2.24, 2.45) is 35.5 Å². The Morgan fingerprint density at radius 3 is 2.04 bits per heavy atom. The SMILES string of the molecule is CCc1cccc(CC)c1NC(=O)CN1C(=O)[C@H]2[C@@H]3C=C[C@@H]([C@H]4C[C@H]34)[C@@H]2C1=O. The fourth-order valence-corrected chi connectivity index (χ4v) is 5.90. The number of rotatable bonds is 5. The maximum Gasteiger partial charge on any atom is 0.244 e. The van der Waals surface area contributed by atoms with Gasteiger partial charge in [0.15, 0.2) is 0 Å². The number of carbonyl (C=O) groups excluding carboxylic acids is 3. The van der Waals surface area contributed by atoms with Gasteiger partial charge in [0.1, 0.15) is 6.54 Å². The number of amides is 3. The lowest BCUT2D eigenvalue weighted by Gasteiger charge is -2.37. The summed E-state index contributed by atoms with van der Waals surface area (Å²) < 4.78 is 0. The first kappa shape index (κ1) is 17.7. The quantitative estimate of drug-likeness (QED) is 0.633. The van der Waals surface area contributed by atoms with Crippen LogP contribution in [0, 0.1) is 35.5 Å². The molecule has 6 rings (SSSR count). The third-order valence-corrected chi connectivity index (χ3v) is 7.32. The van der Waals surface area contributed by atoms with Crippen LogP contribution in [-0.4, -0.2) is 29.2 Å². The smallest absolute Gasteiger partial charge is 0.244 e. The maximum absolute atomic E-state index is 13.0. The molecule has 146 valence electrons. The topological polar surface area (TPSA) is 66.5 Å². The molecular weight excluding hydrogens is 352 g/mol. The standard InChI is InChI=1S/C23H26N2O3/c1-3-12-6-5-7-13(4-2)21(12)24-18(26)11-25-22(27)19-14-8-9-15(17-10-16(14)17)20(19)23(25)28/h5-9,14-17,19-20H,3-4,10-11H2,1-2H3,(H,24,26)/t14-,15+,16-,17-,19+,20+/m1/s1. The van der Waals surface area contributed by atoms with Crippen LogP contribution in [0.25, 0.3) is 0 Å². The lowest BCUT2D eigenvalue weighted by molar-refractivity contribution is -0.142. The molecule has 4 aliphatic carbocycles. The molecule has 5 aliphatic rings. The number of likely N-dealkylation sites (tertiary alicyclic amines) is 1. The molecule has 1 aromatic carbocycles. The highest BCUT2D eigenvalue weighted by Gasteiger charge is 2.67. The number of para-hydroxylation sites is 1. The predicted octanol–water partition coefficient (Wildman–Crippen LogP) is 2.80. The number of hydrogen-bond acceptors (Lipinski definition) is 3. The van der Waals surface area contributed by atoms with Crippen LogP contribution in [0.1, 0.15) is 31.4 Å². The molecule has 3 amide bonds. The fourth-order valence-electron chi connectivity index (χ4n) is 5.90. The van der Waals surface area contributed by atoms with Crippen molar-refractivity contribution in [1.29, 1.82) is 0 Å². The van der Waals surface area contributed by atoms with Crippen LogP contribution in [0.2, 0.25) is 0 Å². The van der Waals surface area contributed by atoms with Crippen molar-refractivity contribution < 1.29 is 14.4 Å². The summed E-state index contributed by atoms with van der Waals surface area (Å²) in [6.45, 7) is 3.92. The molecule has 1 aliphatic heterocycles. The van der Waals surface area contributed by atoms with Gasteiger partial charge in [-0.1, -0.05) is 44.2 Å². The van der Waals surface area contributed by atoms with E-state index in [4.69, 9.17) is 0 Å². The van der Waals surface area contributed by atoms with E-state index in [0.717, 1.165) is 36.1 Å². The van der Waals surface area contributed by atoms with Crippen molar-refractivity contribution >= 4 is 23.4 Å². The van der Waals surface area contributed by atoms with Crippen molar-refractivity contribution in [3.63, 3.8) is 0 Å². The van der Waals surface area contributed by atoms with E-state index in [1.807, 2.05) is 18.2 Å². The number of aryl methyl sites for hydroxylation is 2. The molecule has 1 N–H and O–H groups in total. The molecule has 5 heteroatoms. The van der Waals surface area contributed by atoms with Crippen LogP contribution in [0.3, 0.4) is 0 Å². The zero-order valence-corrected chi connectivity index (χ0v) is 16.4. The Hall–Kier alpha value is -2.43. The van der Waals surface area contributed by atoms with Gasteiger partial charge in [-0.15, -0.1) is 0 Å². The molecule has 6 atom stereocenters. The highest BCUT2D eigenvalue weighted by atomic mass is 16.2. The van der Waals surface area contributed by atoms with E-state index in [-0.39, 0.29) is 47.9 Å². The molecule has 3 fully saturated rings. The second-order valence-electron chi connectivity index (χ2n) is 8.62. The van der Waals surface area contributed by atoms with Crippen LogP contribution < -0.4 is 5.32 Å². The van der Waals surface area contributed by atoms with Crippen molar-refractivity contribution in [2.45, 2.75) is 33.1 Å². The molecule has 1 heterocycles. The summed E-state index contributed by atoms with van der Waals surface area (Å²) in [5.41, 5.74) is 2.97. The van der Waals surface area contributed by atoms with E-state index in [1.165, 1.54) is 4.90 Å². The Bertz CT molecular complexity index is 847. The number of imide groups is 1. The van der Waals surface area contributed by atoms with Crippen LogP contribution in [0.4, 0.5) is 5.69 Å². The Balaban J connectivity index is 1.35. The average Bonchev–Trinajstić information content (AvgIpc) is 3.49.